The van der Waals surface area contributed by atoms with Crippen molar-refractivity contribution in [1.82, 2.24) is 9.80 Å². The topological polar surface area (TPSA) is 51.2 Å². The second kappa shape index (κ2) is 8.63. The summed E-state index contributed by atoms with van der Waals surface area (Å²) in [5.41, 5.74) is 3.40. The van der Waals surface area contributed by atoms with Gasteiger partial charge in [0, 0.05) is 37.2 Å². The lowest BCUT2D eigenvalue weighted by Gasteiger charge is -2.34. The van der Waals surface area contributed by atoms with Gasteiger partial charge in [-0.3, -0.25) is 9.69 Å². The molecular weight excluding hydrogens is 436 g/mol. The van der Waals surface area contributed by atoms with Gasteiger partial charge in [-0.25, -0.2) is 0 Å². The molecule has 1 amide bonds. The van der Waals surface area contributed by atoms with Crippen LogP contribution in [0.25, 0.3) is 0 Å². The molecule has 0 unspecified atom stereocenters. The number of nitrogens with zero attached hydrogens (tertiary/aromatic N) is 2. The molecule has 2 heterocycles. The number of carbonyl (C=O) groups excluding carboxylic acids is 1. The lowest BCUT2D eigenvalue weighted by Crippen LogP contribution is -2.49. The molecular formula is C22H25BrN2O4. The van der Waals surface area contributed by atoms with Crippen molar-refractivity contribution in [3.8, 4) is 17.2 Å². The molecule has 154 valence electrons. The predicted octanol–water partition coefficient (Wildman–Crippen LogP) is 3.52. The van der Waals surface area contributed by atoms with E-state index >= 15 is 0 Å². The first-order chi connectivity index (χ1) is 14.0. The highest BCUT2D eigenvalue weighted by molar-refractivity contribution is 9.10. The lowest BCUT2D eigenvalue weighted by atomic mass is 10.1. The number of halogens is 1. The highest BCUT2D eigenvalue weighted by Crippen LogP contribution is 2.33. The Morgan fingerprint density at radius 1 is 1.03 bits per heavy atom. The number of hydrogen-bond acceptors (Lipinski definition) is 5. The summed E-state index contributed by atoms with van der Waals surface area (Å²) in [4.78, 5) is 16.8. The van der Waals surface area contributed by atoms with E-state index in [0.717, 1.165) is 52.5 Å². The van der Waals surface area contributed by atoms with E-state index in [1.54, 1.807) is 0 Å². The molecule has 0 bridgehead atoms. The minimum atomic E-state index is 0.0333. The summed E-state index contributed by atoms with van der Waals surface area (Å²) in [6.07, 6.45) is 0. The predicted molar refractivity (Wildman–Crippen MR) is 114 cm³/mol. The van der Waals surface area contributed by atoms with Crippen LogP contribution in [0.1, 0.15) is 16.7 Å². The number of aryl methyl sites for hydroxylation is 2. The zero-order chi connectivity index (χ0) is 20.4. The second-order valence-corrected chi connectivity index (χ2v) is 8.30. The minimum absolute atomic E-state index is 0.0333. The Balaban J connectivity index is 1.25. The Kier molecular flexibility index (Phi) is 5.96. The number of ether oxygens (including phenoxy) is 3. The van der Waals surface area contributed by atoms with Crippen molar-refractivity contribution in [2.24, 2.45) is 0 Å². The van der Waals surface area contributed by atoms with Gasteiger partial charge in [-0.05, 0) is 54.8 Å². The quantitative estimate of drug-likeness (QED) is 0.682. The molecule has 2 aromatic carbocycles. The van der Waals surface area contributed by atoms with Crippen LogP contribution < -0.4 is 14.2 Å². The Bertz CT molecular complexity index is 887. The number of fused-ring (bicyclic) bond motifs is 1. The number of benzene rings is 2. The van der Waals surface area contributed by atoms with Gasteiger partial charge in [0.1, 0.15) is 5.75 Å². The van der Waals surface area contributed by atoms with Crippen LogP contribution in [0.2, 0.25) is 0 Å². The largest absolute Gasteiger partial charge is 0.484 e. The van der Waals surface area contributed by atoms with Crippen molar-refractivity contribution in [3.05, 3.63) is 51.5 Å². The number of rotatable bonds is 5. The minimum Gasteiger partial charge on any atom is -0.484 e. The zero-order valence-corrected chi connectivity index (χ0v) is 18.3. The number of amides is 1. The van der Waals surface area contributed by atoms with Crippen molar-refractivity contribution < 1.29 is 19.0 Å². The van der Waals surface area contributed by atoms with Crippen LogP contribution >= 0.6 is 15.9 Å². The first-order valence-electron chi connectivity index (χ1n) is 9.78. The van der Waals surface area contributed by atoms with E-state index in [1.165, 1.54) is 5.56 Å². The average molecular weight is 461 g/mol. The summed E-state index contributed by atoms with van der Waals surface area (Å²) in [5.74, 6) is 2.39. The van der Waals surface area contributed by atoms with E-state index in [2.05, 4.69) is 26.9 Å². The highest BCUT2D eigenvalue weighted by atomic mass is 79.9. The van der Waals surface area contributed by atoms with E-state index in [9.17, 15) is 4.79 Å². The average Bonchev–Trinajstić information content (AvgIpc) is 3.18. The van der Waals surface area contributed by atoms with Crippen molar-refractivity contribution in [3.63, 3.8) is 0 Å². The van der Waals surface area contributed by atoms with Gasteiger partial charge < -0.3 is 19.1 Å². The third kappa shape index (κ3) is 4.67. The van der Waals surface area contributed by atoms with Gasteiger partial charge in [-0.15, -0.1) is 0 Å². The maximum atomic E-state index is 12.5. The maximum Gasteiger partial charge on any atom is 0.260 e. The fourth-order valence-corrected chi connectivity index (χ4v) is 3.91. The summed E-state index contributed by atoms with van der Waals surface area (Å²) in [7, 11) is 0. The molecule has 2 aromatic rings. The first kappa shape index (κ1) is 20.0. The van der Waals surface area contributed by atoms with Gasteiger partial charge in [-0.2, -0.15) is 0 Å². The van der Waals surface area contributed by atoms with Gasteiger partial charge in [0.15, 0.2) is 18.1 Å². The number of hydrogen-bond donors (Lipinski definition) is 0. The molecule has 4 rings (SSSR count). The second-order valence-electron chi connectivity index (χ2n) is 7.50. The Labute approximate surface area is 179 Å². The van der Waals surface area contributed by atoms with Crippen LogP contribution in [0.5, 0.6) is 17.2 Å². The Hall–Kier alpha value is -2.25. The molecule has 0 N–H and O–H groups in total. The fourth-order valence-electron chi connectivity index (χ4n) is 3.68. The van der Waals surface area contributed by atoms with E-state index in [1.807, 2.05) is 43.0 Å². The normalized spacial score (nSPS) is 16.2. The molecule has 2 aliphatic heterocycles. The third-order valence-electron chi connectivity index (χ3n) is 5.34. The van der Waals surface area contributed by atoms with Gasteiger partial charge >= 0.3 is 0 Å². The van der Waals surface area contributed by atoms with E-state index in [-0.39, 0.29) is 12.5 Å². The van der Waals surface area contributed by atoms with E-state index in [0.29, 0.717) is 19.9 Å². The maximum absolute atomic E-state index is 12.5. The van der Waals surface area contributed by atoms with Crippen molar-refractivity contribution in [1.29, 1.82) is 0 Å². The van der Waals surface area contributed by atoms with Gasteiger partial charge in [0.2, 0.25) is 6.79 Å². The van der Waals surface area contributed by atoms with Gasteiger partial charge in [0.25, 0.3) is 5.91 Å². The summed E-state index contributed by atoms with van der Waals surface area (Å²) < 4.78 is 17.6. The molecule has 1 fully saturated rings. The number of piperazine rings is 1. The fraction of sp³-hybridized carbons (Fsp3) is 0.409. The van der Waals surface area contributed by atoms with Crippen molar-refractivity contribution >= 4 is 21.8 Å². The van der Waals surface area contributed by atoms with Crippen molar-refractivity contribution in [2.45, 2.75) is 20.4 Å². The lowest BCUT2D eigenvalue weighted by molar-refractivity contribution is -0.135. The van der Waals surface area contributed by atoms with Crippen LogP contribution in [0.3, 0.4) is 0 Å². The Morgan fingerprint density at radius 3 is 2.45 bits per heavy atom. The number of carbonyl (C=O) groups is 1. The van der Waals surface area contributed by atoms with Crippen molar-refractivity contribution in [2.75, 3.05) is 39.6 Å². The molecule has 0 spiro atoms. The van der Waals surface area contributed by atoms with Crippen LogP contribution in [0.4, 0.5) is 0 Å². The molecule has 1 saturated heterocycles. The summed E-state index contributed by atoms with van der Waals surface area (Å²) in [6.45, 7) is 8.36. The smallest absolute Gasteiger partial charge is 0.260 e. The van der Waals surface area contributed by atoms with Crippen LogP contribution in [0, 0.1) is 13.8 Å². The van der Waals surface area contributed by atoms with Gasteiger partial charge in [0.05, 0.1) is 0 Å². The molecule has 6 nitrogen and oxygen atoms in total. The Morgan fingerprint density at radius 2 is 1.72 bits per heavy atom. The molecule has 0 atom stereocenters. The molecule has 0 aliphatic carbocycles. The summed E-state index contributed by atoms with van der Waals surface area (Å²) in [6, 6.07) is 9.97. The molecule has 2 aliphatic rings. The molecule has 29 heavy (non-hydrogen) atoms. The van der Waals surface area contributed by atoms with E-state index < -0.39 is 0 Å². The zero-order valence-electron chi connectivity index (χ0n) is 16.7. The highest BCUT2D eigenvalue weighted by Gasteiger charge is 2.22. The monoisotopic (exact) mass is 460 g/mol. The molecule has 0 saturated carbocycles. The summed E-state index contributed by atoms with van der Waals surface area (Å²) >= 11 is 3.55. The van der Waals surface area contributed by atoms with Crippen LogP contribution in [-0.4, -0.2) is 55.3 Å². The molecule has 7 heteroatoms. The standard InChI is InChI=1S/C22H25BrN2O4/c1-15-9-18(10-16(2)22(15)23)27-13-21(26)25-7-5-24(6-8-25)12-17-3-4-19-20(11-17)29-14-28-19/h3-4,9-11H,5-8,12-14H2,1-2H3. The SMILES string of the molecule is Cc1cc(OCC(=O)N2CCN(Cc3ccc4c(c3)OCO4)CC2)cc(C)c1Br. The first-order valence-corrected chi connectivity index (χ1v) is 10.6. The van der Waals surface area contributed by atoms with E-state index in [4.69, 9.17) is 14.2 Å². The summed E-state index contributed by atoms with van der Waals surface area (Å²) in [5, 5.41) is 0. The third-order valence-corrected chi connectivity index (χ3v) is 6.59. The molecule has 0 radical (unpaired) electrons. The van der Waals surface area contributed by atoms with Gasteiger partial charge in [-0.1, -0.05) is 22.0 Å². The van der Waals surface area contributed by atoms with Crippen LogP contribution in [0.15, 0.2) is 34.8 Å². The van der Waals surface area contributed by atoms with Crippen LogP contribution in [-0.2, 0) is 11.3 Å². The molecule has 0 aromatic heterocycles.